The first-order valence-electron chi connectivity index (χ1n) is 5.92. The molecule has 0 saturated heterocycles. The van der Waals surface area contributed by atoms with E-state index in [1.807, 2.05) is 0 Å². The van der Waals surface area contributed by atoms with E-state index in [4.69, 9.17) is 4.74 Å². The van der Waals surface area contributed by atoms with Gasteiger partial charge in [-0.25, -0.2) is 4.39 Å². The molecule has 1 saturated carbocycles. The van der Waals surface area contributed by atoms with Gasteiger partial charge in [-0.15, -0.1) is 12.6 Å². The molecule has 0 bridgehead atoms. The Morgan fingerprint density at radius 1 is 1.56 bits per heavy atom. The normalized spacial score (nSPS) is 14.6. The zero-order chi connectivity index (χ0) is 13.1. The van der Waals surface area contributed by atoms with Crippen LogP contribution in [0.2, 0.25) is 0 Å². The number of hydrogen-bond acceptors (Lipinski definition) is 3. The van der Waals surface area contributed by atoms with Gasteiger partial charge in [0.15, 0.2) is 0 Å². The number of carbonyl (C=O) groups excluding carboxylic acids is 1. The average Bonchev–Trinajstić information content (AvgIpc) is 3.17. The molecule has 0 aliphatic heterocycles. The van der Waals surface area contributed by atoms with Crippen LogP contribution >= 0.6 is 12.6 Å². The third kappa shape index (κ3) is 3.03. The highest BCUT2D eigenvalue weighted by molar-refractivity contribution is 7.80. The van der Waals surface area contributed by atoms with Crippen LogP contribution in [0.1, 0.15) is 23.2 Å². The zero-order valence-electron chi connectivity index (χ0n) is 10.2. The standard InChI is InChI=1S/C13H16FNO2S/c1-17-7-6-15(10-3-4-10)13(16)9-2-5-11(14)12(18)8-9/h2,5,8,10,18H,3-4,6-7H2,1H3. The monoisotopic (exact) mass is 269 g/mol. The van der Waals surface area contributed by atoms with Gasteiger partial charge in [0.25, 0.3) is 5.91 Å². The van der Waals surface area contributed by atoms with Gasteiger partial charge in [0.1, 0.15) is 5.82 Å². The molecule has 0 aromatic heterocycles. The molecule has 3 nitrogen and oxygen atoms in total. The third-order valence-corrected chi connectivity index (χ3v) is 3.32. The summed E-state index contributed by atoms with van der Waals surface area (Å²) in [5.74, 6) is -0.491. The van der Waals surface area contributed by atoms with Crippen molar-refractivity contribution in [2.75, 3.05) is 20.3 Å². The SMILES string of the molecule is COCCN(C(=O)c1ccc(F)c(S)c1)C1CC1. The lowest BCUT2D eigenvalue weighted by molar-refractivity contribution is 0.0680. The lowest BCUT2D eigenvalue weighted by Crippen LogP contribution is -2.35. The molecule has 1 aromatic rings. The molecule has 0 heterocycles. The van der Waals surface area contributed by atoms with Crippen LogP contribution < -0.4 is 0 Å². The van der Waals surface area contributed by atoms with Crippen molar-refractivity contribution in [3.05, 3.63) is 29.6 Å². The maximum absolute atomic E-state index is 13.1. The van der Waals surface area contributed by atoms with E-state index in [2.05, 4.69) is 12.6 Å². The van der Waals surface area contributed by atoms with Gasteiger partial charge in [0, 0.05) is 30.2 Å². The summed E-state index contributed by atoms with van der Waals surface area (Å²) in [6.07, 6.45) is 2.06. The number of hydrogen-bond donors (Lipinski definition) is 1. The molecule has 1 amide bonds. The highest BCUT2D eigenvalue weighted by Crippen LogP contribution is 2.28. The molecule has 18 heavy (non-hydrogen) atoms. The molecule has 1 aliphatic rings. The van der Waals surface area contributed by atoms with E-state index in [9.17, 15) is 9.18 Å². The van der Waals surface area contributed by atoms with Crippen LogP contribution in [0.25, 0.3) is 0 Å². The first kappa shape index (κ1) is 13.4. The second-order valence-corrected chi connectivity index (χ2v) is 4.87. The van der Waals surface area contributed by atoms with Crippen LogP contribution in [-0.2, 0) is 4.74 Å². The van der Waals surface area contributed by atoms with Crippen molar-refractivity contribution >= 4 is 18.5 Å². The van der Waals surface area contributed by atoms with E-state index in [-0.39, 0.29) is 10.8 Å². The number of thiol groups is 1. The Labute approximate surface area is 111 Å². The van der Waals surface area contributed by atoms with Gasteiger partial charge in [-0.05, 0) is 31.0 Å². The number of rotatable bonds is 5. The number of methoxy groups -OCH3 is 1. The third-order valence-electron chi connectivity index (χ3n) is 2.98. The lowest BCUT2D eigenvalue weighted by atomic mass is 10.2. The number of ether oxygens (including phenoxy) is 1. The van der Waals surface area contributed by atoms with Crippen LogP contribution in [0.5, 0.6) is 0 Å². The van der Waals surface area contributed by atoms with E-state index in [1.54, 1.807) is 12.0 Å². The summed E-state index contributed by atoms with van der Waals surface area (Å²) in [5.41, 5.74) is 0.476. The van der Waals surface area contributed by atoms with Crippen LogP contribution in [0.3, 0.4) is 0 Å². The van der Waals surface area contributed by atoms with E-state index in [1.165, 1.54) is 18.2 Å². The number of nitrogens with zero attached hydrogens (tertiary/aromatic N) is 1. The number of benzene rings is 1. The van der Waals surface area contributed by atoms with Crippen molar-refractivity contribution in [1.82, 2.24) is 4.90 Å². The van der Waals surface area contributed by atoms with E-state index >= 15 is 0 Å². The second-order valence-electron chi connectivity index (χ2n) is 4.39. The molecular formula is C13H16FNO2S. The van der Waals surface area contributed by atoms with Crippen molar-refractivity contribution in [3.8, 4) is 0 Å². The predicted molar refractivity (Wildman–Crippen MR) is 69.6 cm³/mol. The quantitative estimate of drug-likeness (QED) is 0.832. The smallest absolute Gasteiger partial charge is 0.254 e. The molecule has 98 valence electrons. The van der Waals surface area contributed by atoms with E-state index in [0.717, 1.165) is 12.8 Å². The summed E-state index contributed by atoms with van der Waals surface area (Å²) in [4.78, 5) is 14.3. The minimum atomic E-state index is -0.412. The van der Waals surface area contributed by atoms with Gasteiger partial charge >= 0.3 is 0 Å². The van der Waals surface area contributed by atoms with Crippen LogP contribution in [0, 0.1) is 5.82 Å². The molecular weight excluding hydrogens is 253 g/mol. The summed E-state index contributed by atoms with van der Waals surface area (Å²) in [6.45, 7) is 1.08. The number of halogens is 1. The molecule has 0 N–H and O–H groups in total. The first-order chi connectivity index (χ1) is 8.63. The maximum Gasteiger partial charge on any atom is 0.254 e. The topological polar surface area (TPSA) is 29.5 Å². The van der Waals surface area contributed by atoms with Gasteiger partial charge in [-0.1, -0.05) is 0 Å². The van der Waals surface area contributed by atoms with Gasteiger partial charge in [0.2, 0.25) is 0 Å². The highest BCUT2D eigenvalue weighted by Gasteiger charge is 2.32. The summed E-state index contributed by atoms with van der Waals surface area (Å²) in [7, 11) is 1.61. The largest absolute Gasteiger partial charge is 0.383 e. The Balaban J connectivity index is 2.13. The molecule has 0 unspecified atom stereocenters. The van der Waals surface area contributed by atoms with Crippen molar-refractivity contribution in [2.24, 2.45) is 0 Å². The molecule has 1 aromatic carbocycles. The summed E-state index contributed by atoms with van der Waals surface area (Å²) in [6, 6.07) is 4.56. The maximum atomic E-state index is 13.1. The number of carbonyl (C=O) groups is 1. The van der Waals surface area contributed by atoms with Crippen molar-refractivity contribution in [1.29, 1.82) is 0 Å². The zero-order valence-corrected chi connectivity index (χ0v) is 11.1. The Morgan fingerprint density at radius 3 is 2.83 bits per heavy atom. The molecule has 0 atom stereocenters. The summed E-state index contributed by atoms with van der Waals surface area (Å²) in [5, 5.41) is 0. The van der Waals surface area contributed by atoms with Gasteiger partial charge < -0.3 is 9.64 Å². The molecule has 0 radical (unpaired) electrons. The second kappa shape index (κ2) is 5.71. The fourth-order valence-electron chi connectivity index (χ4n) is 1.84. The van der Waals surface area contributed by atoms with E-state index in [0.29, 0.717) is 24.8 Å². The first-order valence-corrected chi connectivity index (χ1v) is 6.36. The van der Waals surface area contributed by atoms with Gasteiger partial charge in [-0.3, -0.25) is 4.79 Å². The highest BCUT2D eigenvalue weighted by atomic mass is 32.1. The van der Waals surface area contributed by atoms with Crippen molar-refractivity contribution in [3.63, 3.8) is 0 Å². The molecule has 1 fully saturated rings. The fraction of sp³-hybridized carbons (Fsp3) is 0.462. The van der Waals surface area contributed by atoms with Crippen LogP contribution in [0.4, 0.5) is 4.39 Å². The minimum Gasteiger partial charge on any atom is -0.383 e. The molecule has 2 rings (SSSR count). The molecule has 0 spiro atoms. The predicted octanol–water partition coefficient (Wildman–Crippen LogP) is 2.37. The van der Waals surface area contributed by atoms with Gasteiger partial charge in [-0.2, -0.15) is 0 Å². The van der Waals surface area contributed by atoms with Crippen LogP contribution in [0.15, 0.2) is 23.1 Å². The molecule has 1 aliphatic carbocycles. The fourth-order valence-corrected chi connectivity index (χ4v) is 2.05. The Hall–Kier alpha value is -1.07. The minimum absolute atomic E-state index is 0.0788. The Kier molecular flexibility index (Phi) is 4.24. The number of amides is 1. The summed E-state index contributed by atoms with van der Waals surface area (Å²) < 4.78 is 18.1. The van der Waals surface area contributed by atoms with Crippen LogP contribution in [-0.4, -0.2) is 37.1 Å². The van der Waals surface area contributed by atoms with Crippen molar-refractivity contribution in [2.45, 2.75) is 23.8 Å². The lowest BCUT2D eigenvalue weighted by Gasteiger charge is -2.22. The Morgan fingerprint density at radius 2 is 2.28 bits per heavy atom. The van der Waals surface area contributed by atoms with E-state index < -0.39 is 5.82 Å². The molecule has 5 heteroatoms. The Bertz CT molecular complexity index is 449. The summed E-state index contributed by atoms with van der Waals surface area (Å²) >= 11 is 4.00. The van der Waals surface area contributed by atoms with Gasteiger partial charge in [0.05, 0.1) is 6.61 Å². The average molecular weight is 269 g/mol. The van der Waals surface area contributed by atoms with Crippen molar-refractivity contribution < 1.29 is 13.9 Å².